The average molecular weight is 391 g/mol. The van der Waals surface area contributed by atoms with Crippen LogP contribution < -0.4 is 5.32 Å². The number of nitrogens with zero attached hydrogens (tertiary/aromatic N) is 1. The van der Waals surface area contributed by atoms with E-state index in [1.807, 2.05) is 51.1 Å². The van der Waals surface area contributed by atoms with Gasteiger partial charge in [0.1, 0.15) is 10.9 Å². The number of nitrogens with one attached hydrogen (secondary N) is 1. The summed E-state index contributed by atoms with van der Waals surface area (Å²) in [5.74, 6) is -0.444. The van der Waals surface area contributed by atoms with Crippen molar-refractivity contribution in [3.8, 4) is 0 Å². The van der Waals surface area contributed by atoms with Gasteiger partial charge in [-0.3, -0.25) is 9.59 Å². The van der Waals surface area contributed by atoms with Crippen molar-refractivity contribution in [1.82, 2.24) is 10.2 Å². The molecule has 146 valence electrons. The van der Waals surface area contributed by atoms with Crippen LogP contribution in [0.25, 0.3) is 0 Å². The summed E-state index contributed by atoms with van der Waals surface area (Å²) in [5.41, 5.74) is 0.614. The molecule has 0 unspecified atom stereocenters. The van der Waals surface area contributed by atoms with Crippen LogP contribution in [0.5, 0.6) is 0 Å². The second kappa shape index (κ2) is 7.19. The molecule has 6 nitrogen and oxygen atoms in total. The van der Waals surface area contributed by atoms with Crippen LogP contribution in [0.1, 0.15) is 46.1 Å². The van der Waals surface area contributed by atoms with Gasteiger partial charge in [-0.2, -0.15) is 0 Å². The molecule has 2 amide bonds. The molecule has 0 aromatic heterocycles. The third kappa shape index (κ3) is 3.83. The van der Waals surface area contributed by atoms with Gasteiger partial charge in [-0.1, -0.05) is 30.3 Å². The monoisotopic (exact) mass is 390 g/mol. The zero-order valence-corrected chi connectivity index (χ0v) is 17.0. The molecule has 1 aromatic carbocycles. The van der Waals surface area contributed by atoms with Crippen molar-refractivity contribution in [1.29, 1.82) is 0 Å². The Morgan fingerprint density at radius 3 is 2.59 bits per heavy atom. The summed E-state index contributed by atoms with van der Waals surface area (Å²) in [6.45, 7) is 7.15. The molecular weight excluding hydrogens is 364 g/mol. The van der Waals surface area contributed by atoms with E-state index in [9.17, 15) is 14.4 Å². The van der Waals surface area contributed by atoms with E-state index >= 15 is 0 Å². The highest BCUT2D eigenvalue weighted by atomic mass is 32.2. The summed E-state index contributed by atoms with van der Waals surface area (Å²) in [7, 11) is 0. The van der Waals surface area contributed by atoms with Crippen LogP contribution in [0.2, 0.25) is 0 Å². The van der Waals surface area contributed by atoms with Gasteiger partial charge in [0.2, 0.25) is 5.91 Å². The van der Waals surface area contributed by atoms with Crippen LogP contribution in [0, 0.1) is 0 Å². The Hall–Kier alpha value is -2.02. The number of ether oxygens (including phenoxy) is 1. The second-order valence-corrected chi connectivity index (χ2v) is 9.36. The fraction of sp³-hybridized carbons (Fsp3) is 0.550. The quantitative estimate of drug-likeness (QED) is 0.799. The van der Waals surface area contributed by atoms with Gasteiger partial charge in [0, 0.05) is 17.7 Å². The minimum absolute atomic E-state index is 0.0439. The summed E-state index contributed by atoms with van der Waals surface area (Å²) in [5, 5.41) is 2.80. The fourth-order valence-corrected chi connectivity index (χ4v) is 5.23. The SMILES string of the molecule is C[C@H](OC(=O)[C@H]1CS[C@@]2(c3ccccc3)CCC(=O)N12)C(=O)NC(C)(C)C. The molecule has 0 saturated carbocycles. The molecule has 0 aliphatic carbocycles. The standard InChI is InChI=1S/C20H26N2O4S/c1-13(17(24)21-19(2,3)4)26-18(25)15-12-27-20(11-10-16(23)22(15)20)14-8-6-5-7-9-14/h5-9,13,15H,10-12H2,1-4H3,(H,21,24)/t13-,15+,20+/m0/s1. The Labute approximate surface area is 164 Å². The summed E-state index contributed by atoms with van der Waals surface area (Å²) >= 11 is 1.60. The van der Waals surface area contributed by atoms with Crippen LogP contribution in [-0.2, 0) is 24.0 Å². The van der Waals surface area contributed by atoms with Crippen LogP contribution in [0.3, 0.4) is 0 Å². The maximum Gasteiger partial charge on any atom is 0.330 e. The first-order chi connectivity index (χ1) is 12.6. The highest BCUT2D eigenvalue weighted by Crippen LogP contribution is 2.54. The van der Waals surface area contributed by atoms with Crippen LogP contribution >= 0.6 is 11.8 Å². The van der Waals surface area contributed by atoms with Crippen molar-refractivity contribution in [2.24, 2.45) is 0 Å². The molecule has 27 heavy (non-hydrogen) atoms. The highest BCUT2D eigenvalue weighted by Gasteiger charge is 2.57. The maximum absolute atomic E-state index is 12.8. The number of benzene rings is 1. The topological polar surface area (TPSA) is 75.7 Å². The first kappa shape index (κ1) is 19.7. The molecule has 1 aromatic rings. The lowest BCUT2D eigenvalue weighted by Gasteiger charge is -2.34. The van der Waals surface area contributed by atoms with E-state index < -0.39 is 28.5 Å². The maximum atomic E-state index is 12.8. The van der Waals surface area contributed by atoms with Gasteiger partial charge in [0.25, 0.3) is 5.91 Å². The Morgan fingerprint density at radius 1 is 1.30 bits per heavy atom. The first-order valence-electron chi connectivity index (χ1n) is 9.18. The van der Waals surface area contributed by atoms with Crippen molar-refractivity contribution in [2.75, 3.05) is 5.75 Å². The van der Waals surface area contributed by atoms with Crippen LogP contribution in [0.4, 0.5) is 0 Å². The number of rotatable bonds is 4. The Balaban J connectivity index is 1.75. The largest absolute Gasteiger partial charge is 0.451 e. The number of esters is 1. The van der Waals surface area contributed by atoms with Gasteiger partial charge in [-0.15, -0.1) is 11.8 Å². The van der Waals surface area contributed by atoms with E-state index in [0.717, 1.165) is 5.56 Å². The molecule has 2 aliphatic heterocycles. The van der Waals surface area contributed by atoms with E-state index in [1.165, 1.54) is 0 Å². The summed E-state index contributed by atoms with van der Waals surface area (Å²) in [6, 6.07) is 9.13. The number of thioether (sulfide) groups is 1. The highest BCUT2D eigenvalue weighted by molar-refractivity contribution is 8.00. The minimum Gasteiger partial charge on any atom is -0.451 e. The van der Waals surface area contributed by atoms with E-state index in [0.29, 0.717) is 18.6 Å². The third-order valence-corrected chi connectivity index (χ3v) is 6.38. The summed E-state index contributed by atoms with van der Waals surface area (Å²) in [6.07, 6.45) is 0.168. The second-order valence-electron chi connectivity index (χ2n) is 8.06. The number of hydrogen-bond acceptors (Lipinski definition) is 5. The van der Waals surface area contributed by atoms with Crippen LogP contribution in [0.15, 0.2) is 30.3 Å². The average Bonchev–Trinajstić information content (AvgIpc) is 3.14. The first-order valence-corrected chi connectivity index (χ1v) is 10.2. The van der Waals surface area contributed by atoms with Gasteiger partial charge in [0.15, 0.2) is 6.10 Å². The van der Waals surface area contributed by atoms with E-state index in [-0.39, 0.29) is 11.8 Å². The van der Waals surface area contributed by atoms with Gasteiger partial charge in [0.05, 0.1) is 0 Å². The molecule has 2 aliphatic rings. The molecule has 0 spiro atoms. The number of amides is 2. The zero-order chi connectivity index (χ0) is 19.8. The fourth-order valence-electron chi connectivity index (χ4n) is 3.59. The van der Waals surface area contributed by atoms with Crippen molar-refractivity contribution >= 4 is 29.5 Å². The Morgan fingerprint density at radius 2 is 1.96 bits per heavy atom. The van der Waals surface area contributed by atoms with E-state index in [4.69, 9.17) is 4.74 Å². The van der Waals surface area contributed by atoms with Crippen molar-refractivity contribution in [2.45, 2.75) is 63.1 Å². The van der Waals surface area contributed by atoms with Gasteiger partial charge < -0.3 is 15.0 Å². The number of fused-ring (bicyclic) bond motifs is 1. The zero-order valence-electron chi connectivity index (χ0n) is 16.2. The smallest absolute Gasteiger partial charge is 0.330 e. The molecular formula is C20H26N2O4S. The molecule has 3 rings (SSSR count). The van der Waals surface area contributed by atoms with Crippen molar-refractivity contribution in [3.63, 3.8) is 0 Å². The lowest BCUT2D eigenvalue weighted by Crippen LogP contribution is -2.50. The van der Waals surface area contributed by atoms with Crippen molar-refractivity contribution in [3.05, 3.63) is 35.9 Å². The molecule has 1 N–H and O–H groups in total. The molecule has 2 fully saturated rings. The third-order valence-electron chi connectivity index (χ3n) is 4.78. The normalized spacial score (nSPS) is 25.9. The molecule has 7 heteroatoms. The lowest BCUT2D eigenvalue weighted by molar-refractivity contribution is -0.162. The minimum atomic E-state index is -0.911. The molecule has 0 bridgehead atoms. The predicted octanol–water partition coefficient (Wildman–Crippen LogP) is 2.42. The number of carbonyl (C=O) groups excluding carboxylic acids is 3. The van der Waals surface area contributed by atoms with Gasteiger partial charge in [-0.05, 0) is 39.7 Å². The summed E-state index contributed by atoms with van der Waals surface area (Å²) in [4.78, 5) is 38.7. The number of hydrogen-bond donors (Lipinski definition) is 1. The van der Waals surface area contributed by atoms with Gasteiger partial charge >= 0.3 is 5.97 Å². The molecule has 2 heterocycles. The van der Waals surface area contributed by atoms with Gasteiger partial charge in [-0.25, -0.2) is 4.79 Å². The Bertz CT molecular complexity index is 746. The number of carbonyl (C=O) groups is 3. The van der Waals surface area contributed by atoms with Crippen molar-refractivity contribution < 1.29 is 19.1 Å². The van der Waals surface area contributed by atoms with Crippen LogP contribution in [-0.4, -0.2) is 46.1 Å². The molecule has 0 radical (unpaired) electrons. The molecule has 2 saturated heterocycles. The van der Waals surface area contributed by atoms with E-state index in [2.05, 4.69) is 5.32 Å². The van der Waals surface area contributed by atoms with E-state index in [1.54, 1.807) is 23.6 Å². The molecule has 3 atom stereocenters. The Kier molecular flexibility index (Phi) is 5.25. The summed E-state index contributed by atoms with van der Waals surface area (Å²) < 4.78 is 5.42. The lowest BCUT2D eigenvalue weighted by atomic mass is 10.0. The predicted molar refractivity (Wildman–Crippen MR) is 104 cm³/mol.